The number of rotatable bonds is 13. The van der Waals surface area contributed by atoms with E-state index in [0.29, 0.717) is 23.5 Å². The molecule has 0 spiro atoms. The first-order valence-electron chi connectivity index (χ1n) is 22.2. The van der Waals surface area contributed by atoms with Crippen LogP contribution >= 0.6 is 23.2 Å². The number of amides is 1. The number of fused-ring (bicyclic) bond motifs is 2. The van der Waals surface area contributed by atoms with E-state index >= 15 is 0 Å². The fraction of sp³-hybridized carbons (Fsp3) is 0.364. The summed E-state index contributed by atoms with van der Waals surface area (Å²) in [7, 11) is 0. The molecule has 6 aromatic rings. The lowest BCUT2D eigenvalue weighted by Gasteiger charge is -2.22. The normalized spacial score (nSPS) is 12.1. The number of pyridine rings is 2. The Hall–Kier alpha value is -6.21. The molecule has 0 saturated heterocycles. The van der Waals surface area contributed by atoms with E-state index in [4.69, 9.17) is 43.1 Å². The van der Waals surface area contributed by atoms with Gasteiger partial charge in [-0.3, -0.25) is 29.1 Å². The van der Waals surface area contributed by atoms with Crippen molar-refractivity contribution in [3.63, 3.8) is 0 Å². The smallest absolute Gasteiger partial charge is 0.407 e. The molecule has 0 aliphatic heterocycles. The maximum Gasteiger partial charge on any atom is 0.407 e. The molecule has 2 unspecified atom stereocenters. The molecule has 4 aromatic carbocycles. The quantitative estimate of drug-likeness (QED) is 0.0639. The summed E-state index contributed by atoms with van der Waals surface area (Å²) in [5.74, 6) is -0.815. The Balaban J connectivity index is 0.000000347. The maximum atomic E-state index is 13.5. The fourth-order valence-corrected chi connectivity index (χ4v) is 6.56. The number of esters is 2. The first-order chi connectivity index (χ1) is 32.0. The van der Waals surface area contributed by atoms with E-state index in [2.05, 4.69) is 15.3 Å². The number of nitrogens with one attached hydrogen (secondary N) is 1. The third-order valence-corrected chi connectivity index (χ3v) is 10.2. The molecular formula is C55H66Cl2N4O8. The van der Waals surface area contributed by atoms with Crippen LogP contribution in [0.25, 0.3) is 21.5 Å². The van der Waals surface area contributed by atoms with Gasteiger partial charge in [-0.05, 0) is 132 Å². The summed E-state index contributed by atoms with van der Waals surface area (Å²) in [6.45, 7) is 16.4. The van der Waals surface area contributed by atoms with Gasteiger partial charge < -0.3 is 25.3 Å². The average molecular weight is 982 g/mol. The number of alkyl carbamates (subject to hydrolysis) is 1. The van der Waals surface area contributed by atoms with Gasteiger partial charge in [0.2, 0.25) is 0 Å². The molecule has 14 heteroatoms. The van der Waals surface area contributed by atoms with Gasteiger partial charge in [0.05, 0.1) is 28.0 Å². The molecule has 3 N–H and O–H groups in total. The summed E-state index contributed by atoms with van der Waals surface area (Å²) >= 11 is 9.53. The summed E-state index contributed by atoms with van der Waals surface area (Å²) < 4.78 is 16.2. The first-order valence-corrected chi connectivity index (χ1v) is 23.2. The number of nitrogens with zero attached hydrogens (tertiary/aromatic N) is 2. The van der Waals surface area contributed by atoms with Gasteiger partial charge in [-0.1, -0.05) is 68.1 Å². The molecular weight excluding hydrogens is 916 g/mol. The highest BCUT2D eigenvalue weighted by atomic mass is 35.5. The summed E-state index contributed by atoms with van der Waals surface area (Å²) in [4.78, 5) is 71.1. The van der Waals surface area contributed by atoms with Gasteiger partial charge in [0, 0.05) is 61.5 Å². The molecule has 0 saturated carbocycles. The number of ketones is 2. The number of halogens is 2. The van der Waals surface area contributed by atoms with Crippen molar-refractivity contribution in [2.75, 3.05) is 18.4 Å². The molecule has 0 radical (unpaired) electrons. The Morgan fingerprint density at radius 3 is 1.35 bits per heavy atom. The molecule has 0 fully saturated rings. The van der Waals surface area contributed by atoms with Crippen LogP contribution in [0.15, 0.2) is 122 Å². The van der Waals surface area contributed by atoms with Crippen LogP contribution in [0, 0.1) is 10.8 Å². The summed E-state index contributed by atoms with van der Waals surface area (Å²) in [6, 6.07) is 29.4. The van der Waals surface area contributed by atoms with Gasteiger partial charge in [-0.15, -0.1) is 23.2 Å². The highest BCUT2D eigenvalue weighted by molar-refractivity contribution is 6.40. The zero-order valence-electron chi connectivity index (χ0n) is 40.2. The third kappa shape index (κ3) is 18.3. The largest absolute Gasteiger partial charge is 0.444 e. The standard InChI is InChI=1S/C29H34N2O5.C24H26N2O3.CH2Cl2.CH4/c1-28(2,3)26(33)35-23-11-9-20(10-12-23)24(18-31-27(34)36-29(4,5)6)25(32)16-19-7-8-22-17-30-14-13-21(22)15-19;1-24(2,3)23(28)29-20-8-6-17(7-9-20)21(14-25)22(27)13-16-4-5-19-15-26-11-10-18(19)12-16;2-1-3;/h7-15,17,24H,16,18H2,1-6H3,(H,31,34);4-12,15,21H,13-14,25H2,1-3H3;1H2;1H4. The second-order valence-electron chi connectivity index (χ2n) is 19.1. The Morgan fingerprint density at radius 2 is 0.971 bits per heavy atom. The lowest BCUT2D eigenvalue weighted by atomic mass is 9.90. The zero-order chi connectivity index (χ0) is 50.2. The van der Waals surface area contributed by atoms with Crippen molar-refractivity contribution in [2.24, 2.45) is 16.6 Å². The summed E-state index contributed by atoms with van der Waals surface area (Å²) in [5.41, 5.74) is 7.39. The number of aromatic nitrogens is 2. The van der Waals surface area contributed by atoms with Crippen LogP contribution in [0.4, 0.5) is 4.79 Å². The van der Waals surface area contributed by atoms with E-state index < -0.39 is 34.4 Å². The van der Waals surface area contributed by atoms with E-state index in [9.17, 15) is 24.0 Å². The van der Waals surface area contributed by atoms with Crippen LogP contribution in [0.5, 0.6) is 11.5 Å². The van der Waals surface area contributed by atoms with Crippen LogP contribution in [0.2, 0.25) is 0 Å². The topological polar surface area (TPSA) is 177 Å². The minimum absolute atomic E-state index is 0. The molecule has 0 aliphatic carbocycles. The molecule has 0 bridgehead atoms. The van der Waals surface area contributed by atoms with Gasteiger partial charge in [0.1, 0.15) is 28.7 Å². The van der Waals surface area contributed by atoms with Crippen LogP contribution in [-0.2, 0) is 36.8 Å². The third-order valence-electron chi connectivity index (χ3n) is 10.2. The number of ether oxygens (including phenoxy) is 3. The van der Waals surface area contributed by atoms with Crippen molar-refractivity contribution in [3.05, 3.63) is 144 Å². The van der Waals surface area contributed by atoms with E-state index in [1.165, 1.54) is 0 Å². The number of hydrogen-bond acceptors (Lipinski definition) is 11. The average Bonchev–Trinajstić information content (AvgIpc) is 3.27. The fourth-order valence-electron chi connectivity index (χ4n) is 6.56. The van der Waals surface area contributed by atoms with Crippen molar-refractivity contribution in [2.45, 2.75) is 100 Å². The molecule has 368 valence electrons. The van der Waals surface area contributed by atoms with Crippen molar-refractivity contribution in [1.29, 1.82) is 0 Å². The van der Waals surface area contributed by atoms with Crippen LogP contribution < -0.4 is 20.5 Å². The molecule has 6 rings (SSSR count). The second-order valence-corrected chi connectivity index (χ2v) is 20.0. The monoisotopic (exact) mass is 980 g/mol. The summed E-state index contributed by atoms with van der Waals surface area (Å²) in [6.07, 6.45) is 6.95. The molecule has 2 atom stereocenters. The van der Waals surface area contributed by atoms with E-state index in [1.807, 2.05) is 48.5 Å². The lowest BCUT2D eigenvalue weighted by Crippen LogP contribution is -2.36. The van der Waals surface area contributed by atoms with Crippen LogP contribution in [0.1, 0.15) is 104 Å². The predicted octanol–water partition coefficient (Wildman–Crippen LogP) is 11.7. The maximum absolute atomic E-state index is 13.5. The van der Waals surface area contributed by atoms with E-state index in [-0.39, 0.29) is 55.8 Å². The number of carbonyl (C=O) groups excluding carboxylic acids is 5. The van der Waals surface area contributed by atoms with Gasteiger partial charge in [-0.2, -0.15) is 0 Å². The minimum Gasteiger partial charge on any atom is -0.444 e. The Bertz CT molecular complexity index is 2650. The number of nitrogens with two attached hydrogens (primary N) is 1. The SMILES string of the molecule is C.CC(C)(C)C(=O)Oc1ccc(C(CN)C(=O)Cc2ccc3cnccc3c2)cc1.CC(C)(C)OC(=O)NCC(C(=O)Cc1ccc2cnccc2c1)c1ccc(OC(=O)C(C)(C)C)cc1.ClCCl. The van der Waals surface area contributed by atoms with Gasteiger partial charge in [-0.25, -0.2) is 4.79 Å². The molecule has 0 aliphatic rings. The number of carbonyl (C=O) groups is 5. The highest BCUT2D eigenvalue weighted by Gasteiger charge is 2.27. The number of Topliss-reactive ketones (excluding diaryl/α,β-unsaturated/α-hetero) is 2. The second kappa shape index (κ2) is 26.0. The zero-order valence-corrected chi connectivity index (χ0v) is 41.7. The van der Waals surface area contributed by atoms with Crippen molar-refractivity contribution in [3.8, 4) is 11.5 Å². The predicted molar refractivity (Wildman–Crippen MR) is 276 cm³/mol. The number of hydrogen-bond donors (Lipinski definition) is 2. The lowest BCUT2D eigenvalue weighted by molar-refractivity contribution is -0.143. The highest BCUT2D eigenvalue weighted by Crippen LogP contribution is 2.27. The van der Waals surface area contributed by atoms with Crippen molar-refractivity contribution in [1.82, 2.24) is 15.3 Å². The van der Waals surface area contributed by atoms with Gasteiger partial charge >= 0.3 is 18.0 Å². The minimum atomic E-state index is -0.651. The number of alkyl halides is 2. The summed E-state index contributed by atoms with van der Waals surface area (Å²) in [5, 5.41) is 7.02. The number of benzene rings is 4. The molecule has 1 amide bonds. The Labute approximate surface area is 416 Å². The van der Waals surface area contributed by atoms with Gasteiger partial charge in [0.15, 0.2) is 0 Å². The molecule has 69 heavy (non-hydrogen) atoms. The molecule has 2 heterocycles. The van der Waals surface area contributed by atoms with Crippen molar-refractivity contribution < 1.29 is 38.2 Å². The molecule has 2 aromatic heterocycles. The van der Waals surface area contributed by atoms with Crippen molar-refractivity contribution >= 4 is 74.3 Å². The van der Waals surface area contributed by atoms with E-state index in [0.717, 1.165) is 38.2 Å². The van der Waals surface area contributed by atoms with Gasteiger partial charge in [0.25, 0.3) is 0 Å². The van der Waals surface area contributed by atoms with Crippen LogP contribution in [0.3, 0.4) is 0 Å². The van der Waals surface area contributed by atoms with Crippen LogP contribution in [-0.4, -0.2) is 63.6 Å². The Morgan fingerprint density at radius 1 is 0.580 bits per heavy atom. The molecule has 12 nitrogen and oxygen atoms in total. The Kier molecular flexibility index (Phi) is 21.5. The first kappa shape index (κ1) is 57.1. The van der Waals surface area contributed by atoms with E-state index in [1.54, 1.807) is 136 Å².